The third-order valence-corrected chi connectivity index (χ3v) is 18.3. The summed E-state index contributed by atoms with van der Waals surface area (Å²) in [5.41, 5.74) is 0.130. The number of halogens is 36. The number of nitro groups is 3. The van der Waals surface area contributed by atoms with Crippen LogP contribution in [0.5, 0.6) is 0 Å². The molecule has 0 aliphatic carbocycles. The minimum atomic E-state index is -2.43. The molecule has 55 heteroatoms. The molecule has 5 heterocycles. The molecule has 0 N–H and O–H groups in total. The first-order valence-corrected chi connectivity index (χ1v) is 33.6. The molecule has 0 saturated carbocycles. The smallest absolute Gasteiger partial charge is 0.258 e. The van der Waals surface area contributed by atoms with Gasteiger partial charge in [0.1, 0.15) is 21.7 Å². The van der Waals surface area contributed by atoms with Gasteiger partial charge in [0, 0.05) is 0 Å². The number of fused-ring (bicyclic) bond motifs is 5. The second kappa shape index (κ2) is 40.1. The van der Waals surface area contributed by atoms with Gasteiger partial charge in [-0.1, -0.05) is 186 Å². The predicted molar refractivity (Wildman–Crippen MR) is 383 cm³/mol. The predicted octanol–water partition coefficient (Wildman–Crippen LogP) is 26.6. The maximum atomic E-state index is 12.5. The van der Waals surface area contributed by atoms with E-state index < -0.39 is 154 Å². The molecule has 0 bridgehead atoms. The lowest BCUT2D eigenvalue weighted by atomic mass is 10.2. The van der Waals surface area contributed by atoms with Crippen LogP contribution in [0.4, 0.5) is 105 Å². The Balaban J connectivity index is 0.000000205. The van der Waals surface area contributed by atoms with Crippen LogP contribution in [0.1, 0.15) is 5.56 Å². The Hall–Kier alpha value is -8.54. The van der Waals surface area contributed by atoms with E-state index in [1.54, 1.807) is 48.5 Å². The highest BCUT2D eigenvalue weighted by Gasteiger charge is 2.34. The third kappa shape index (κ3) is 22.2. The Morgan fingerprint density at radius 2 is 0.417 bits per heavy atom. The molecule has 0 atom stereocenters. The van der Waals surface area contributed by atoms with Crippen molar-refractivity contribution >= 4 is 258 Å². The number of rotatable bonds is 3. The summed E-state index contributed by atoms with van der Waals surface area (Å²) in [4.78, 5) is 61.7. The number of aromatic nitrogens is 9. The van der Waals surface area contributed by atoms with Crippen molar-refractivity contribution < 1.29 is 103 Å². The Morgan fingerprint density at radius 3 is 0.626 bits per heavy atom. The van der Waals surface area contributed by atoms with Crippen LogP contribution in [0.3, 0.4) is 0 Å². The summed E-state index contributed by atoms with van der Waals surface area (Å²) < 4.78 is 245. The second-order valence-electron chi connectivity index (χ2n) is 19.9. The minimum absolute atomic E-state index is 0.00256. The zero-order valence-electron chi connectivity index (χ0n) is 52.6. The average Bonchev–Trinajstić information content (AvgIpc) is 0.791. The summed E-state index contributed by atoms with van der Waals surface area (Å²) >= 11 is 92.2. The summed E-state index contributed by atoms with van der Waals surface area (Å²) in [6.07, 6.45) is 0. The number of nitro benzene ring substituents is 2. The molecule has 0 fully saturated rings. The summed E-state index contributed by atoms with van der Waals surface area (Å²) in [6.45, 7) is 0. The fourth-order valence-corrected chi connectivity index (χ4v) is 10.3. The lowest BCUT2D eigenvalue weighted by Crippen LogP contribution is -2.06. The van der Waals surface area contributed by atoms with Crippen LogP contribution >= 0.6 is 186 Å². The number of benzene rings is 8. The van der Waals surface area contributed by atoms with Crippen LogP contribution in [0.25, 0.3) is 55.2 Å². The van der Waals surface area contributed by atoms with E-state index in [4.69, 9.17) is 191 Å². The molecular weight excluding hydrogens is 1950 g/mol. The van der Waals surface area contributed by atoms with Crippen molar-refractivity contribution in [3.05, 3.63) is 288 Å². The SMILES string of the molecule is Clc1cc2nc(Cl)c(Cl)nc2cc1Cl.Clc1cc2nc3cc(Cl)c(Cl)cc3nc2cc1Cl.Clc1nc2cc3nc(Cl)c(Cl)nc3cc2nc1Cl.Fc1c(F)c(F)c(F)c(F)c1F.N#Cc1c(F)c(F)c(F)c(F)c1F.O=[N+]([O-])c1c(Cl)c(Cl)cc(Cl)c1Cl.O=[N+]([O-])c1c(F)c(F)c(F)c(F)c1F.O=[N+]([O-])c1c(F)c(F)nc(F)c1F. The van der Waals surface area contributed by atoms with Crippen molar-refractivity contribution in [3.8, 4) is 6.07 Å². The number of hydrogen-bond donors (Lipinski definition) is 0. The molecule has 5 aromatic heterocycles. The highest BCUT2D eigenvalue weighted by atomic mass is 35.5. The van der Waals surface area contributed by atoms with Crippen molar-refractivity contribution in [2.45, 2.75) is 0 Å². The van der Waals surface area contributed by atoms with Crippen LogP contribution in [-0.4, -0.2) is 59.6 Å². The molecule has 13 rings (SSSR count). The first kappa shape index (κ1) is 95.3. The van der Waals surface area contributed by atoms with E-state index in [1.165, 1.54) is 6.07 Å². The highest BCUT2D eigenvalue weighted by molar-refractivity contribution is 6.50. The van der Waals surface area contributed by atoms with Gasteiger partial charge < -0.3 is 0 Å². The summed E-state index contributed by atoms with van der Waals surface area (Å²) in [5, 5.41) is 41.4. The molecule has 8 aromatic carbocycles. The molecule has 0 aliphatic rings. The van der Waals surface area contributed by atoms with E-state index in [0.29, 0.717) is 85.3 Å². The van der Waals surface area contributed by atoms with E-state index in [9.17, 15) is 118 Å². The van der Waals surface area contributed by atoms with Gasteiger partial charge >= 0.3 is 17.1 Å². The van der Waals surface area contributed by atoms with Gasteiger partial charge in [-0.05, 0) is 54.6 Å². The quantitative estimate of drug-likeness (QED) is 0.0302. The lowest BCUT2D eigenvalue weighted by molar-refractivity contribution is -0.391. The molecule has 0 amide bonds. The van der Waals surface area contributed by atoms with Crippen LogP contribution < -0.4 is 0 Å². The largest absolute Gasteiger partial charge is 0.349 e. The zero-order valence-corrected chi connectivity index (χ0v) is 64.7. The normalized spacial score (nSPS) is 10.6. The topological polar surface area (TPSA) is 269 Å². The molecule has 0 aliphatic heterocycles. The fourth-order valence-electron chi connectivity index (χ4n) is 7.59. The second-order valence-corrected chi connectivity index (χ2v) is 26.0. The first-order chi connectivity index (χ1) is 53.4. The van der Waals surface area contributed by atoms with Crippen LogP contribution in [0.2, 0.25) is 81.1 Å². The van der Waals surface area contributed by atoms with Crippen molar-refractivity contribution in [1.82, 2.24) is 44.9 Å². The number of hydrogen-bond acceptors (Lipinski definition) is 16. The van der Waals surface area contributed by atoms with Crippen LogP contribution in [-0.2, 0) is 0 Å². The number of pyridine rings is 1. The average molecular weight is 1960 g/mol. The summed E-state index contributed by atoms with van der Waals surface area (Å²) in [6, 6.07) is 15.4. The van der Waals surface area contributed by atoms with Crippen molar-refractivity contribution in [2.75, 3.05) is 0 Å². The van der Waals surface area contributed by atoms with Crippen LogP contribution in [0.15, 0.2) is 54.6 Å². The maximum absolute atomic E-state index is 12.5. The molecular formula is C60H9Cl16F20N13O6. The first-order valence-electron chi connectivity index (χ1n) is 27.5. The van der Waals surface area contributed by atoms with Gasteiger partial charge in [0.25, 0.3) is 23.5 Å². The molecule has 0 saturated heterocycles. The van der Waals surface area contributed by atoms with Crippen LogP contribution in [0, 0.1) is 158 Å². The van der Waals surface area contributed by atoms with Crippen molar-refractivity contribution in [3.63, 3.8) is 0 Å². The molecule has 13 aromatic rings. The number of nitrogens with zero attached hydrogens (tertiary/aromatic N) is 13. The van der Waals surface area contributed by atoms with E-state index in [0.717, 1.165) is 6.07 Å². The van der Waals surface area contributed by atoms with E-state index in [2.05, 4.69) is 44.9 Å². The van der Waals surface area contributed by atoms with Gasteiger partial charge in [-0.2, -0.15) is 36.6 Å². The Kier molecular flexibility index (Phi) is 33.2. The Labute approximate surface area is 699 Å². The molecule has 0 unspecified atom stereocenters. The third-order valence-electron chi connectivity index (χ3n) is 12.7. The Bertz CT molecular complexity index is 5460. The van der Waals surface area contributed by atoms with Gasteiger partial charge in [0.05, 0.1) is 110 Å². The van der Waals surface area contributed by atoms with Crippen molar-refractivity contribution in [2.24, 2.45) is 0 Å². The molecule has 0 radical (unpaired) electrons. The number of nitriles is 1. The van der Waals surface area contributed by atoms with Gasteiger partial charge in [0.2, 0.25) is 69.8 Å². The Morgan fingerprint density at radius 1 is 0.235 bits per heavy atom. The van der Waals surface area contributed by atoms with Gasteiger partial charge in [0.15, 0.2) is 54.2 Å². The molecule has 115 heavy (non-hydrogen) atoms. The standard InChI is InChI=1S/C12H4Cl4N2.C10H2Cl4N4.C8H2Cl4N2.C7F5N.C6HCl4NO2.C6F6.C6F5NO2.C5F4N2O2/c13-5-1-9-10(2-6(5)14)18-12-4-8(16)7(15)3-11(12)17-9;11-7-9(13)17-5-2-6-4(1-3(5)15-7)16-8(12)10(14)18-6;9-3-1-5-6(2-4(3)10)14-8(12)7(11)13-5;8-3-2(1-13)4(9)6(11)7(12)5(3)10;7-2-1-3(8)5(10)6(4(2)9)11(12)13;7-1-2(8)4(10)6(12)5(11)3(1)9;7-1-2(8)4(10)6(12(13)14)5(11)3(1)9;6-1-3(11(12)13)2(7)5(9)10-4(1)8/h1-4H;1-2H;1-2H;;1H;;;. The zero-order chi connectivity index (χ0) is 87.0. The summed E-state index contributed by atoms with van der Waals surface area (Å²) in [7, 11) is 0. The van der Waals surface area contributed by atoms with E-state index in [-0.39, 0.29) is 51.0 Å². The van der Waals surface area contributed by atoms with Gasteiger partial charge in [-0.25, -0.2) is 101 Å². The molecule has 0 spiro atoms. The van der Waals surface area contributed by atoms with E-state index in [1.807, 2.05) is 0 Å². The van der Waals surface area contributed by atoms with Gasteiger partial charge in [-0.3, -0.25) is 30.3 Å². The molecule has 602 valence electrons. The minimum Gasteiger partial charge on any atom is -0.258 e. The van der Waals surface area contributed by atoms with Gasteiger partial charge in [-0.15, -0.1) is 0 Å². The lowest BCUT2D eigenvalue weighted by Gasteiger charge is -2.04. The monoisotopic (exact) mass is 1950 g/mol. The summed E-state index contributed by atoms with van der Waals surface area (Å²) in [5.74, 6) is -45.3. The van der Waals surface area contributed by atoms with Crippen molar-refractivity contribution in [1.29, 1.82) is 5.26 Å². The highest BCUT2D eigenvalue weighted by Crippen LogP contribution is 2.43. The maximum Gasteiger partial charge on any atom is 0.349 e. The van der Waals surface area contributed by atoms with E-state index >= 15 is 0 Å². The fraction of sp³-hybridized carbons (Fsp3) is 0. The molecule has 19 nitrogen and oxygen atoms in total.